The lowest BCUT2D eigenvalue weighted by Gasteiger charge is -2.23. The fourth-order valence-electron chi connectivity index (χ4n) is 3.18. The van der Waals surface area contributed by atoms with E-state index in [1.54, 1.807) is 0 Å². The number of nitrogens with two attached hydrogens (primary N) is 1. The summed E-state index contributed by atoms with van der Waals surface area (Å²) in [4.78, 5) is 0. The summed E-state index contributed by atoms with van der Waals surface area (Å²) in [6, 6.07) is 8.20. The molecular weight excluding hydrogens is 252 g/mol. The van der Waals surface area contributed by atoms with Crippen LogP contribution in [-0.2, 0) is 19.4 Å². The van der Waals surface area contributed by atoms with Crippen LogP contribution in [0.4, 0.5) is 0 Å². The molecule has 0 bridgehead atoms. The minimum absolute atomic E-state index is 0.00285. The number of hydrogen-bond acceptors (Lipinski definition) is 4. The molecule has 5 nitrogen and oxygen atoms in total. The average Bonchev–Trinajstić information content (AvgIpc) is 3.09. The molecule has 2 N–H and O–H groups in total. The molecule has 0 saturated heterocycles. The molecule has 4 rings (SSSR count). The maximum absolute atomic E-state index is 6.02. The smallest absolute Gasteiger partial charge is 0.174 e. The highest BCUT2D eigenvalue weighted by atomic mass is 16.5. The lowest BCUT2D eigenvalue weighted by Crippen LogP contribution is -2.27. The van der Waals surface area contributed by atoms with Gasteiger partial charge in [0.2, 0.25) is 0 Å². The van der Waals surface area contributed by atoms with Crippen LogP contribution in [0.25, 0.3) is 0 Å². The number of hydrogen-bond donors (Lipinski definition) is 1. The zero-order valence-electron chi connectivity index (χ0n) is 11.3. The fraction of sp³-hybridized carbons (Fsp3) is 0.467. The normalized spacial score (nSPS) is 24.1. The molecule has 104 valence electrons. The van der Waals surface area contributed by atoms with Gasteiger partial charge in [-0.25, -0.2) is 0 Å². The van der Waals surface area contributed by atoms with Crippen molar-refractivity contribution in [3.8, 4) is 5.75 Å². The minimum atomic E-state index is 0.00285. The Labute approximate surface area is 117 Å². The van der Waals surface area contributed by atoms with E-state index in [9.17, 15) is 0 Å². The van der Waals surface area contributed by atoms with Gasteiger partial charge < -0.3 is 15.0 Å². The third-order valence-corrected chi connectivity index (χ3v) is 4.36. The molecule has 5 heteroatoms. The summed E-state index contributed by atoms with van der Waals surface area (Å²) in [5, 5.41) is 8.72. The van der Waals surface area contributed by atoms with E-state index in [1.165, 1.54) is 5.56 Å². The third kappa shape index (κ3) is 1.81. The Morgan fingerprint density at radius 3 is 3.00 bits per heavy atom. The largest absolute Gasteiger partial charge is 0.482 e. The topological polar surface area (TPSA) is 66.0 Å². The second-order valence-corrected chi connectivity index (χ2v) is 5.64. The van der Waals surface area contributed by atoms with Crippen LogP contribution in [0, 0.1) is 5.92 Å². The first-order chi connectivity index (χ1) is 9.85. The van der Waals surface area contributed by atoms with Gasteiger partial charge in [-0.3, -0.25) is 0 Å². The van der Waals surface area contributed by atoms with Gasteiger partial charge in [0.1, 0.15) is 11.6 Å². The van der Waals surface area contributed by atoms with E-state index in [1.807, 2.05) is 12.1 Å². The quantitative estimate of drug-likeness (QED) is 0.897. The standard InChI is InChI=1S/C15H18N4O/c16-9-10-5-6-19-14(7-10)17-18-15(19)13-8-11-3-1-2-4-12(11)20-13/h1-4,10,13H,5-9,16H2. The number of rotatable bonds is 2. The van der Waals surface area contributed by atoms with Crippen molar-refractivity contribution in [1.82, 2.24) is 14.8 Å². The van der Waals surface area contributed by atoms with Crippen molar-refractivity contribution < 1.29 is 4.74 Å². The zero-order valence-corrected chi connectivity index (χ0v) is 11.3. The highest BCUT2D eigenvalue weighted by molar-refractivity contribution is 5.38. The molecule has 2 aliphatic rings. The highest BCUT2D eigenvalue weighted by Crippen LogP contribution is 2.36. The maximum Gasteiger partial charge on any atom is 0.174 e. The summed E-state index contributed by atoms with van der Waals surface area (Å²) >= 11 is 0. The summed E-state index contributed by atoms with van der Waals surface area (Å²) in [6.07, 6.45) is 2.93. The van der Waals surface area contributed by atoms with Gasteiger partial charge in [-0.05, 0) is 30.5 Å². The Morgan fingerprint density at radius 1 is 1.25 bits per heavy atom. The minimum Gasteiger partial charge on any atom is -0.482 e. The van der Waals surface area contributed by atoms with Crippen molar-refractivity contribution in [1.29, 1.82) is 0 Å². The second-order valence-electron chi connectivity index (χ2n) is 5.64. The van der Waals surface area contributed by atoms with Gasteiger partial charge in [0, 0.05) is 19.4 Å². The molecule has 0 saturated carbocycles. The molecule has 20 heavy (non-hydrogen) atoms. The second kappa shape index (κ2) is 4.59. The van der Waals surface area contributed by atoms with Crippen molar-refractivity contribution in [2.24, 2.45) is 11.7 Å². The first-order valence-corrected chi connectivity index (χ1v) is 7.21. The molecule has 1 aromatic carbocycles. The Balaban J connectivity index is 1.61. The molecule has 0 aliphatic carbocycles. The van der Waals surface area contributed by atoms with Crippen LogP contribution >= 0.6 is 0 Å². The van der Waals surface area contributed by atoms with Gasteiger partial charge >= 0.3 is 0 Å². The van der Waals surface area contributed by atoms with E-state index in [4.69, 9.17) is 10.5 Å². The molecular formula is C15H18N4O. The van der Waals surface area contributed by atoms with E-state index in [-0.39, 0.29) is 6.10 Å². The van der Waals surface area contributed by atoms with Crippen molar-refractivity contribution in [3.05, 3.63) is 41.5 Å². The molecule has 1 aromatic heterocycles. The Morgan fingerprint density at radius 2 is 2.15 bits per heavy atom. The van der Waals surface area contributed by atoms with Crippen molar-refractivity contribution in [2.45, 2.75) is 31.9 Å². The SMILES string of the molecule is NCC1CCn2c(nnc2C2Cc3ccccc3O2)C1. The van der Waals surface area contributed by atoms with Gasteiger partial charge in [-0.1, -0.05) is 18.2 Å². The van der Waals surface area contributed by atoms with Crippen molar-refractivity contribution in [2.75, 3.05) is 6.54 Å². The van der Waals surface area contributed by atoms with Crippen LogP contribution < -0.4 is 10.5 Å². The summed E-state index contributed by atoms with van der Waals surface area (Å²) in [5.41, 5.74) is 7.02. The molecule has 0 fully saturated rings. The molecule has 0 radical (unpaired) electrons. The average molecular weight is 270 g/mol. The van der Waals surface area contributed by atoms with Crippen molar-refractivity contribution in [3.63, 3.8) is 0 Å². The number of benzene rings is 1. The molecule has 3 heterocycles. The number of nitrogens with zero attached hydrogens (tertiary/aromatic N) is 3. The van der Waals surface area contributed by atoms with Gasteiger partial charge in [0.25, 0.3) is 0 Å². The Kier molecular flexibility index (Phi) is 2.73. The predicted octanol–water partition coefficient (Wildman–Crippen LogP) is 1.48. The molecule has 2 aromatic rings. The number of para-hydroxylation sites is 1. The number of fused-ring (bicyclic) bond motifs is 2. The summed E-state index contributed by atoms with van der Waals surface area (Å²) < 4.78 is 8.25. The molecule has 2 atom stereocenters. The predicted molar refractivity (Wildman–Crippen MR) is 74.4 cm³/mol. The monoisotopic (exact) mass is 270 g/mol. The zero-order chi connectivity index (χ0) is 13.5. The molecule has 0 amide bonds. The molecule has 2 unspecified atom stereocenters. The number of ether oxygens (including phenoxy) is 1. The van der Waals surface area contributed by atoms with Gasteiger partial charge in [-0.2, -0.15) is 0 Å². The van der Waals surface area contributed by atoms with Crippen LogP contribution in [0.2, 0.25) is 0 Å². The Bertz CT molecular complexity index is 612. The lowest BCUT2D eigenvalue weighted by atomic mass is 9.98. The van der Waals surface area contributed by atoms with E-state index in [2.05, 4.69) is 26.9 Å². The lowest BCUT2D eigenvalue weighted by molar-refractivity contribution is 0.217. The van der Waals surface area contributed by atoms with Crippen LogP contribution in [0.3, 0.4) is 0 Å². The Hall–Kier alpha value is -1.88. The van der Waals surface area contributed by atoms with Crippen LogP contribution in [-0.4, -0.2) is 21.3 Å². The summed E-state index contributed by atoms with van der Waals surface area (Å²) in [6.45, 7) is 1.68. The van der Waals surface area contributed by atoms with E-state index < -0.39 is 0 Å². The van der Waals surface area contributed by atoms with Gasteiger partial charge in [-0.15, -0.1) is 10.2 Å². The van der Waals surface area contributed by atoms with Gasteiger partial charge in [0.15, 0.2) is 11.9 Å². The van der Waals surface area contributed by atoms with E-state index >= 15 is 0 Å². The first kappa shape index (κ1) is 11.9. The van der Waals surface area contributed by atoms with Crippen LogP contribution in [0.1, 0.15) is 29.7 Å². The van der Waals surface area contributed by atoms with Gasteiger partial charge in [0.05, 0.1) is 0 Å². The summed E-state index contributed by atoms with van der Waals surface area (Å²) in [7, 11) is 0. The number of aromatic nitrogens is 3. The van der Waals surface area contributed by atoms with E-state index in [0.717, 1.165) is 49.8 Å². The first-order valence-electron chi connectivity index (χ1n) is 7.21. The fourth-order valence-corrected chi connectivity index (χ4v) is 3.18. The van der Waals surface area contributed by atoms with Crippen LogP contribution in [0.15, 0.2) is 24.3 Å². The molecule has 2 aliphatic heterocycles. The maximum atomic E-state index is 6.02. The third-order valence-electron chi connectivity index (χ3n) is 4.36. The van der Waals surface area contributed by atoms with Crippen LogP contribution in [0.5, 0.6) is 5.75 Å². The highest BCUT2D eigenvalue weighted by Gasteiger charge is 2.31. The van der Waals surface area contributed by atoms with E-state index in [0.29, 0.717) is 5.92 Å². The van der Waals surface area contributed by atoms with Crippen molar-refractivity contribution >= 4 is 0 Å². The molecule has 0 spiro atoms. The summed E-state index contributed by atoms with van der Waals surface area (Å²) in [5.74, 6) is 3.54.